The fraction of sp³-hybridized carbons (Fsp3) is 0.471. The minimum absolute atomic E-state index is 0.105. The minimum atomic E-state index is -0.227. The topological polar surface area (TPSA) is 64.3 Å². The SMILES string of the molecule is CCCC(C)(C)NC(=O)c1ccc(OC)c(C#CCN)c1. The van der Waals surface area contributed by atoms with Crippen LogP contribution in [0.3, 0.4) is 0 Å². The van der Waals surface area contributed by atoms with Crippen molar-refractivity contribution >= 4 is 5.91 Å². The Labute approximate surface area is 127 Å². The molecule has 0 saturated heterocycles. The maximum atomic E-state index is 12.3. The summed E-state index contributed by atoms with van der Waals surface area (Å²) in [6.45, 7) is 6.41. The van der Waals surface area contributed by atoms with E-state index >= 15 is 0 Å². The summed E-state index contributed by atoms with van der Waals surface area (Å²) in [6.07, 6.45) is 1.94. The first-order valence-electron chi connectivity index (χ1n) is 7.13. The van der Waals surface area contributed by atoms with Gasteiger partial charge >= 0.3 is 0 Å². The molecule has 21 heavy (non-hydrogen) atoms. The summed E-state index contributed by atoms with van der Waals surface area (Å²) < 4.78 is 5.24. The molecule has 1 amide bonds. The van der Waals surface area contributed by atoms with E-state index in [0.29, 0.717) is 16.9 Å². The molecule has 0 unspecified atom stereocenters. The van der Waals surface area contributed by atoms with Crippen LogP contribution >= 0.6 is 0 Å². The minimum Gasteiger partial charge on any atom is -0.495 e. The predicted molar refractivity (Wildman–Crippen MR) is 85.4 cm³/mol. The molecule has 0 atom stereocenters. The fourth-order valence-corrected chi connectivity index (χ4v) is 2.16. The van der Waals surface area contributed by atoms with E-state index in [2.05, 4.69) is 24.1 Å². The van der Waals surface area contributed by atoms with Crippen LogP contribution in [0.2, 0.25) is 0 Å². The number of benzene rings is 1. The van der Waals surface area contributed by atoms with Gasteiger partial charge in [0.05, 0.1) is 19.2 Å². The van der Waals surface area contributed by atoms with Crippen molar-refractivity contribution in [2.45, 2.75) is 39.2 Å². The van der Waals surface area contributed by atoms with Gasteiger partial charge in [-0.3, -0.25) is 4.79 Å². The zero-order chi connectivity index (χ0) is 15.9. The highest BCUT2D eigenvalue weighted by atomic mass is 16.5. The van der Waals surface area contributed by atoms with Crippen LogP contribution < -0.4 is 15.8 Å². The van der Waals surface area contributed by atoms with Crippen molar-refractivity contribution in [1.82, 2.24) is 5.32 Å². The van der Waals surface area contributed by atoms with Gasteiger partial charge < -0.3 is 15.8 Å². The highest BCUT2D eigenvalue weighted by Gasteiger charge is 2.20. The maximum absolute atomic E-state index is 12.3. The molecule has 0 saturated carbocycles. The summed E-state index contributed by atoms with van der Waals surface area (Å²) in [6, 6.07) is 5.23. The molecule has 0 fully saturated rings. The smallest absolute Gasteiger partial charge is 0.251 e. The molecule has 0 bridgehead atoms. The molecule has 0 aliphatic rings. The van der Waals surface area contributed by atoms with Gasteiger partial charge in [0.2, 0.25) is 0 Å². The number of hydrogen-bond donors (Lipinski definition) is 2. The van der Waals surface area contributed by atoms with Gasteiger partial charge in [-0.05, 0) is 38.5 Å². The van der Waals surface area contributed by atoms with Crippen molar-refractivity contribution in [3.63, 3.8) is 0 Å². The number of carbonyl (C=O) groups excluding carboxylic acids is 1. The van der Waals surface area contributed by atoms with E-state index in [0.717, 1.165) is 12.8 Å². The molecular weight excluding hydrogens is 264 g/mol. The lowest BCUT2D eigenvalue weighted by Gasteiger charge is -2.25. The van der Waals surface area contributed by atoms with E-state index in [1.165, 1.54) is 0 Å². The summed E-state index contributed by atoms with van der Waals surface area (Å²) in [5, 5.41) is 3.04. The van der Waals surface area contributed by atoms with Crippen molar-refractivity contribution in [3.05, 3.63) is 29.3 Å². The standard InChI is InChI=1S/C17H24N2O2/c1-5-10-17(2,3)19-16(20)14-8-9-15(21-4)13(12-14)7-6-11-18/h8-9,12H,5,10-11,18H2,1-4H3,(H,19,20). The largest absolute Gasteiger partial charge is 0.495 e. The van der Waals surface area contributed by atoms with Crippen LogP contribution in [0, 0.1) is 11.8 Å². The first-order valence-corrected chi connectivity index (χ1v) is 7.13. The molecule has 0 heterocycles. The molecule has 1 aromatic carbocycles. The zero-order valence-electron chi connectivity index (χ0n) is 13.2. The van der Waals surface area contributed by atoms with Crippen LogP contribution in [-0.2, 0) is 0 Å². The molecule has 3 N–H and O–H groups in total. The summed E-state index contributed by atoms with van der Waals surface area (Å²) >= 11 is 0. The summed E-state index contributed by atoms with van der Waals surface area (Å²) in [5.74, 6) is 6.24. The lowest BCUT2D eigenvalue weighted by atomic mass is 9.98. The Kier molecular flexibility index (Phi) is 6.26. The van der Waals surface area contributed by atoms with Crippen molar-refractivity contribution < 1.29 is 9.53 Å². The van der Waals surface area contributed by atoms with E-state index in [4.69, 9.17) is 10.5 Å². The number of ether oxygens (including phenoxy) is 1. The Morgan fingerprint density at radius 3 is 2.71 bits per heavy atom. The van der Waals surface area contributed by atoms with Crippen LogP contribution in [0.4, 0.5) is 0 Å². The second-order valence-corrected chi connectivity index (χ2v) is 5.51. The fourth-order valence-electron chi connectivity index (χ4n) is 2.16. The Morgan fingerprint density at radius 1 is 1.43 bits per heavy atom. The molecule has 114 valence electrons. The molecule has 0 aliphatic carbocycles. The highest BCUT2D eigenvalue weighted by molar-refractivity contribution is 5.95. The van der Waals surface area contributed by atoms with E-state index in [1.54, 1.807) is 25.3 Å². The average molecular weight is 288 g/mol. The molecule has 0 radical (unpaired) electrons. The van der Waals surface area contributed by atoms with Crippen LogP contribution in [0.5, 0.6) is 5.75 Å². The lowest BCUT2D eigenvalue weighted by molar-refractivity contribution is 0.0909. The molecule has 0 aliphatic heterocycles. The number of carbonyl (C=O) groups is 1. The van der Waals surface area contributed by atoms with Gasteiger partial charge in [0.1, 0.15) is 5.75 Å². The Hall–Kier alpha value is -1.99. The number of rotatable bonds is 5. The molecule has 4 nitrogen and oxygen atoms in total. The van der Waals surface area contributed by atoms with Crippen LogP contribution in [-0.4, -0.2) is 25.1 Å². The van der Waals surface area contributed by atoms with Gasteiger partial charge in [-0.25, -0.2) is 0 Å². The molecule has 4 heteroatoms. The second-order valence-electron chi connectivity index (χ2n) is 5.51. The van der Waals surface area contributed by atoms with Crippen molar-refractivity contribution in [1.29, 1.82) is 0 Å². The van der Waals surface area contributed by atoms with Crippen LogP contribution in [0.25, 0.3) is 0 Å². The quantitative estimate of drug-likeness (QED) is 0.817. The Morgan fingerprint density at radius 2 is 2.14 bits per heavy atom. The number of methoxy groups -OCH3 is 1. The lowest BCUT2D eigenvalue weighted by Crippen LogP contribution is -2.43. The predicted octanol–water partition coefficient (Wildman–Crippen LogP) is 2.31. The first-order chi connectivity index (χ1) is 9.93. The van der Waals surface area contributed by atoms with E-state index in [9.17, 15) is 4.79 Å². The van der Waals surface area contributed by atoms with E-state index < -0.39 is 0 Å². The molecule has 1 aromatic rings. The third-order valence-corrected chi connectivity index (χ3v) is 3.11. The number of nitrogens with two attached hydrogens (primary N) is 1. The first kappa shape index (κ1) is 17.1. The summed E-state index contributed by atoms with van der Waals surface area (Å²) in [7, 11) is 1.58. The van der Waals surface area contributed by atoms with Gasteiger partial charge in [0.25, 0.3) is 5.91 Å². The Bertz CT molecular complexity index is 554. The third-order valence-electron chi connectivity index (χ3n) is 3.11. The Balaban J connectivity index is 3.00. The van der Waals surface area contributed by atoms with Crippen LogP contribution in [0.1, 0.15) is 49.5 Å². The van der Waals surface area contributed by atoms with Crippen molar-refractivity contribution in [3.8, 4) is 17.6 Å². The molecule has 1 rings (SSSR count). The van der Waals surface area contributed by atoms with Crippen molar-refractivity contribution in [2.24, 2.45) is 5.73 Å². The number of amides is 1. The highest BCUT2D eigenvalue weighted by Crippen LogP contribution is 2.20. The van der Waals surface area contributed by atoms with Gasteiger partial charge in [-0.1, -0.05) is 25.2 Å². The monoisotopic (exact) mass is 288 g/mol. The van der Waals surface area contributed by atoms with Gasteiger partial charge in [0.15, 0.2) is 0 Å². The van der Waals surface area contributed by atoms with Gasteiger partial charge in [0, 0.05) is 11.1 Å². The maximum Gasteiger partial charge on any atom is 0.251 e. The average Bonchev–Trinajstić information content (AvgIpc) is 2.44. The normalized spacial score (nSPS) is 10.5. The molecular formula is C17H24N2O2. The molecule has 0 aromatic heterocycles. The zero-order valence-corrected chi connectivity index (χ0v) is 13.2. The second kappa shape index (κ2) is 7.70. The number of hydrogen-bond acceptors (Lipinski definition) is 3. The molecule has 0 spiro atoms. The van der Waals surface area contributed by atoms with E-state index in [1.807, 2.05) is 13.8 Å². The summed E-state index contributed by atoms with van der Waals surface area (Å²) in [5.41, 5.74) is 6.40. The number of nitrogens with one attached hydrogen (secondary N) is 1. The third kappa shape index (κ3) is 5.13. The van der Waals surface area contributed by atoms with Gasteiger partial charge in [-0.2, -0.15) is 0 Å². The van der Waals surface area contributed by atoms with Crippen molar-refractivity contribution in [2.75, 3.05) is 13.7 Å². The van der Waals surface area contributed by atoms with Crippen LogP contribution in [0.15, 0.2) is 18.2 Å². The van der Waals surface area contributed by atoms with Gasteiger partial charge in [-0.15, -0.1) is 0 Å². The van der Waals surface area contributed by atoms with E-state index in [-0.39, 0.29) is 18.0 Å². The summed E-state index contributed by atoms with van der Waals surface area (Å²) in [4.78, 5) is 12.3.